The minimum atomic E-state index is -0.197. The average Bonchev–Trinajstić information content (AvgIpc) is 2.26. The summed E-state index contributed by atoms with van der Waals surface area (Å²) in [6.07, 6.45) is 0. The Labute approximate surface area is 122 Å². The number of hydrogen-bond donors (Lipinski definition) is 2. The van der Waals surface area contributed by atoms with E-state index in [0.717, 1.165) is 11.5 Å². The highest BCUT2D eigenvalue weighted by Crippen LogP contribution is 2.20. The first-order valence-electron chi connectivity index (χ1n) is 6.88. The standard InChI is InChI=1S/C16H27NOS/c1-12(2)17-16(5,10-18)11-19-9-15-7-13(3)6-14(4)8-15/h6-8,12,17-18H,9-11H2,1-5H3. The van der Waals surface area contributed by atoms with Crippen molar-refractivity contribution in [1.29, 1.82) is 0 Å². The largest absolute Gasteiger partial charge is 0.394 e. The highest BCUT2D eigenvalue weighted by Gasteiger charge is 2.23. The molecule has 1 rings (SSSR count). The molecule has 1 aromatic rings. The topological polar surface area (TPSA) is 32.3 Å². The molecular weight excluding hydrogens is 254 g/mol. The summed E-state index contributed by atoms with van der Waals surface area (Å²) < 4.78 is 0. The molecule has 0 heterocycles. The van der Waals surface area contributed by atoms with E-state index in [1.54, 1.807) is 0 Å². The van der Waals surface area contributed by atoms with Crippen LogP contribution in [0.25, 0.3) is 0 Å². The molecule has 2 nitrogen and oxygen atoms in total. The molecule has 1 aromatic carbocycles. The normalized spacial score (nSPS) is 14.7. The van der Waals surface area contributed by atoms with Crippen LogP contribution in [-0.4, -0.2) is 29.0 Å². The summed E-state index contributed by atoms with van der Waals surface area (Å²) in [5, 5.41) is 13.0. The summed E-state index contributed by atoms with van der Waals surface area (Å²) in [6, 6.07) is 7.07. The van der Waals surface area contributed by atoms with Crippen molar-refractivity contribution in [1.82, 2.24) is 5.32 Å². The molecule has 0 saturated heterocycles. The summed E-state index contributed by atoms with van der Waals surface area (Å²) in [6.45, 7) is 10.8. The van der Waals surface area contributed by atoms with Gasteiger partial charge in [-0.3, -0.25) is 0 Å². The van der Waals surface area contributed by atoms with Crippen LogP contribution in [-0.2, 0) is 5.75 Å². The molecule has 0 amide bonds. The molecule has 0 fully saturated rings. The Hall–Kier alpha value is -0.510. The lowest BCUT2D eigenvalue weighted by Crippen LogP contribution is -2.51. The first-order chi connectivity index (χ1) is 8.84. The van der Waals surface area contributed by atoms with Crippen LogP contribution in [0.5, 0.6) is 0 Å². The van der Waals surface area contributed by atoms with E-state index >= 15 is 0 Å². The average molecular weight is 281 g/mol. The summed E-state index contributed by atoms with van der Waals surface area (Å²) in [5.41, 5.74) is 3.81. The van der Waals surface area contributed by atoms with E-state index in [-0.39, 0.29) is 12.1 Å². The number of aliphatic hydroxyl groups is 1. The van der Waals surface area contributed by atoms with Crippen molar-refractivity contribution in [3.63, 3.8) is 0 Å². The molecule has 0 aliphatic heterocycles. The fourth-order valence-corrected chi connectivity index (χ4v) is 3.51. The Bertz CT molecular complexity index is 385. The minimum Gasteiger partial charge on any atom is -0.394 e. The molecule has 0 radical (unpaired) electrons. The van der Waals surface area contributed by atoms with Crippen molar-refractivity contribution >= 4 is 11.8 Å². The number of nitrogens with one attached hydrogen (secondary N) is 1. The van der Waals surface area contributed by atoms with Crippen LogP contribution in [0.4, 0.5) is 0 Å². The van der Waals surface area contributed by atoms with Crippen LogP contribution >= 0.6 is 11.8 Å². The van der Waals surface area contributed by atoms with Crippen LogP contribution in [0.15, 0.2) is 18.2 Å². The maximum Gasteiger partial charge on any atom is 0.0618 e. The van der Waals surface area contributed by atoms with Crippen LogP contribution in [0.3, 0.4) is 0 Å². The second-order valence-corrected chi connectivity index (χ2v) is 6.99. The molecule has 0 aromatic heterocycles. The molecule has 1 atom stereocenters. The zero-order valence-electron chi connectivity index (χ0n) is 12.8. The summed E-state index contributed by atoms with van der Waals surface area (Å²) in [5.74, 6) is 1.91. The number of hydrogen-bond acceptors (Lipinski definition) is 3. The van der Waals surface area contributed by atoms with Gasteiger partial charge in [0.15, 0.2) is 0 Å². The van der Waals surface area contributed by atoms with Crippen molar-refractivity contribution in [2.24, 2.45) is 0 Å². The Balaban J connectivity index is 2.52. The van der Waals surface area contributed by atoms with E-state index in [2.05, 4.69) is 58.1 Å². The highest BCUT2D eigenvalue weighted by molar-refractivity contribution is 7.98. The molecule has 108 valence electrons. The third-order valence-corrected chi connectivity index (χ3v) is 4.34. The van der Waals surface area contributed by atoms with Crippen molar-refractivity contribution in [3.8, 4) is 0 Å². The number of thioether (sulfide) groups is 1. The predicted molar refractivity (Wildman–Crippen MR) is 85.8 cm³/mol. The van der Waals surface area contributed by atoms with E-state index in [9.17, 15) is 5.11 Å². The van der Waals surface area contributed by atoms with Gasteiger partial charge in [0.2, 0.25) is 0 Å². The monoisotopic (exact) mass is 281 g/mol. The fourth-order valence-electron chi connectivity index (χ4n) is 2.38. The smallest absolute Gasteiger partial charge is 0.0618 e. The SMILES string of the molecule is Cc1cc(C)cc(CSCC(C)(CO)NC(C)C)c1. The molecule has 0 saturated carbocycles. The van der Waals surface area contributed by atoms with E-state index in [1.807, 2.05) is 11.8 Å². The third-order valence-electron chi connectivity index (χ3n) is 2.96. The quantitative estimate of drug-likeness (QED) is 0.804. The Kier molecular flexibility index (Phi) is 6.37. The van der Waals surface area contributed by atoms with E-state index in [0.29, 0.717) is 6.04 Å². The summed E-state index contributed by atoms with van der Waals surface area (Å²) in [4.78, 5) is 0. The van der Waals surface area contributed by atoms with Crippen molar-refractivity contribution in [2.75, 3.05) is 12.4 Å². The zero-order valence-corrected chi connectivity index (χ0v) is 13.6. The van der Waals surface area contributed by atoms with Gasteiger partial charge in [-0.25, -0.2) is 0 Å². The summed E-state index contributed by atoms with van der Waals surface area (Å²) in [7, 11) is 0. The molecule has 19 heavy (non-hydrogen) atoms. The molecule has 2 N–H and O–H groups in total. The maximum absolute atomic E-state index is 9.54. The van der Waals surface area contributed by atoms with Gasteiger partial charge in [0, 0.05) is 23.1 Å². The lowest BCUT2D eigenvalue weighted by Gasteiger charge is -2.30. The fraction of sp³-hybridized carbons (Fsp3) is 0.625. The first-order valence-corrected chi connectivity index (χ1v) is 8.03. The highest BCUT2D eigenvalue weighted by atomic mass is 32.2. The zero-order chi connectivity index (χ0) is 14.5. The van der Waals surface area contributed by atoms with E-state index in [4.69, 9.17) is 0 Å². The summed E-state index contributed by atoms with van der Waals surface area (Å²) >= 11 is 1.87. The van der Waals surface area contributed by atoms with Gasteiger partial charge in [-0.1, -0.05) is 43.2 Å². The van der Waals surface area contributed by atoms with Crippen LogP contribution in [0.2, 0.25) is 0 Å². The molecule has 1 unspecified atom stereocenters. The first kappa shape index (κ1) is 16.5. The Morgan fingerprint density at radius 3 is 2.26 bits per heavy atom. The lowest BCUT2D eigenvalue weighted by atomic mass is 10.1. The number of benzene rings is 1. The molecule has 0 spiro atoms. The van der Waals surface area contributed by atoms with Gasteiger partial charge >= 0.3 is 0 Å². The van der Waals surface area contributed by atoms with Gasteiger partial charge in [0.05, 0.1) is 6.61 Å². The Morgan fingerprint density at radius 1 is 1.21 bits per heavy atom. The second kappa shape index (κ2) is 7.32. The number of aliphatic hydroxyl groups excluding tert-OH is 1. The van der Waals surface area contributed by atoms with Crippen LogP contribution < -0.4 is 5.32 Å². The molecular formula is C16H27NOS. The van der Waals surface area contributed by atoms with Gasteiger partial charge in [-0.15, -0.1) is 0 Å². The maximum atomic E-state index is 9.54. The van der Waals surface area contributed by atoms with E-state index < -0.39 is 0 Å². The van der Waals surface area contributed by atoms with Crippen LogP contribution in [0.1, 0.15) is 37.5 Å². The molecule has 0 bridgehead atoms. The molecule has 0 aliphatic carbocycles. The van der Waals surface area contributed by atoms with Gasteiger partial charge in [-0.05, 0) is 26.3 Å². The van der Waals surface area contributed by atoms with Gasteiger partial charge in [-0.2, -0.15) is 11.8 Å². The Morgan fingerprint density at radius 2 is 1.79 bits per heavy atom. The number of rotatable bonds is 7. The van der Waals surface area contributed by atoms with Gasteiger partial charge in [0.1, 0.15) is 0 Å². The molecule has 3 heteroatoms. The van der Waals surface area contributed by atoms with Crippen molar-refractivity contribution in [2.45, 2.75) is 52.0 Å². The predicted octanol–water partition coefficient (Wildman–Crippen LogP) is 3.29. The molecule has 0 aliphatic rings. The van der Waals surface area contributed by atoms with Crippen molar-refractivity contribution < 1.29 is 5.11 Å². The van der Waals surface area contributed by atoms with Gasteiger partial charge < -0.3 is 10.4 Å². The van der Waals surface area contributed by atoms with Crippen molar-refractivity contribution in [3.05, 3.63) is 34.9 Å². The second-order valence-electron chi connectivity index (χ2n) is 6.01. The minimum absolute atomic E-state index is 0.172. The lowest BCUT2D eigenvalue weighted by molar-refractivity contribution is 0.183. The van der Waals surface area contributed by atoms with Crippen LogP contribution in [0, 0.1) is 13.8 Å². The third kappa shape index (κ3) is 5.98. The number of aryl methyl sites for hydroxylation is 2. The van der Waals surface area contributed by atoms with E-state index in [1.165, 1.54) is 16.7 Å². The van der Waals surface area contributed by atoms with Gasteiger partial charge in [0.25, 0.3) is 0 Å².